The number of aromatic amines is 1. The number of H-pyrrole nitrogens is 1. The van der Waals surface area contributed by atoms with Crippen molar-refractivity contribution >= 4 is 17.2 Å². The zero-order valence-electron chi connectivity index (χ0n) is 15.8. The Morgan fingerprint density at radius 1 is 0.852 bits per heavy atom. The standard InChI is InChI=1S/C24H22N2O/c1-13-12-14(2)25-23(13)21-15(3)20(16-8-4-5-9-17(16)21)22-18-10-6-7-11-19(18)26-24(22)27/h4-12,20,22,25H,1-3H3,(H,26,27). The average molecular weight is 354 g/mol. The molecule has 0 saturated heterocycles. The van der Waals surface area contributed by atoms with Crippen molar-refractivity contribution in [1.82, 2.24) is 4.98 Å². The molecule has 2 unspecified atom stereocenters. The number of anilines is 1. The Balaban J connectivity index is 1.74. The van der Waals surface area contributed by atoms with Crippen LogP contribution in [0.5, 0.6) is 0 Å². The van der Waals surface area contributed by atoms with Crippen LogP contribution in [-0.4, -0.2) is 10.9 Å². The lowest BCUT2D eigenvalue weighted by molar-refractivity contribution is -0.117. The number of fused-ring (bicyclic) bond motifs is 2. The van der Waals surface area contributed by atoms with Gasteiger partial charge in [0.2, 0.25) is 5.91 Å². The number of hydrogen-bond acceptors (Lipinski definition) is 1. The van der Waals surface area contributed by atoms with E-state index < -0.39 is 0 Å². The number of aromatic nitrogens is 1. The number of allylic oxidation sites excluding steroid dienone is 1. The SMILES string of the molecule is CC1=C(c2[nH]c(C)cc2C)c2ccccc2C1C1C(=O)Nc2ccccc21. The second-order valence-electron chi connectivity index (χ2n) is 7.69. The molecule has 1 aromatic heterocycles. The van der Waals surface area contributed by atoms with E-state index in [-0.39, 0.29) is 17.7 Å². The minimum absolute atomic E-state index is 0.0582. The van der Waals surface area contributed by atoms with E-state index in [1.807, 2.05) is 18.2 Å². The molecule has 1 aliphatic carbocycles. The molecule has 1 aliphatic heterocycles. The van der Waals surface area contributed by atoms with Crippen molar-refractivity contribution in [2.45, 2.75) is 32.6 Å². The van der Waals surface area contributed by atoms with Crippen molar-refractivity contribution < 1.29 is 4.79 Å². The minimum atomic E-state index is -0.184. The monoisotopic (exact) mass is 354 g/mol. The number of para-hydroxylation sites is 1. The van der Waals surface area contributed by atoms with Gasteiger partial charge in [-0.3, -0.25) is 4.79 Å². The van der Waals surface area contributed by atoms with E-state index in [1.54, 1.807) is 0 Å². The fourth-order valence-corrected chi connectivity index (χ4v) is 4.91. The van der Waals surface area contributed by atoms with Gasteiger partial charge < -0.3 is 10.3 Å². The molecule has 134 valence electrons. The van der Waals surface area contributed by atoms with Gasteiger partial charge in [0.05, 0.1) is 5.92 Å². The van der Waals surface area contributed by atoms with Gasteiger partial charge in [-0.2, -0.15) is 0 Å². The molecule has 2 heterocycles. The van der Waals surface area contributed by atoms with Crippen LogP contribution in [0.4, 0.5) is 5.69 Å². The van der Waals surface area contributed by atoms with Crippen LogP contribution in [0.3, 0.4) is 0 Å². The molecule has 2 N–H and O–H groups in total. The van der Waals surface area contributed by atoms with Crippen molar-refractivity contribution in [3.8, 4) is 0 Å². The highest BCUT2D eigenvalue weighted by Gasteiger charge is 2.43. The van der Waals surface area contributed by atoms with Crippen molar-refractivity contribution in [3.63, 3.8) is 0 Å². The number of rotatable bonds is 2. The molecule has 2 aliphatic rings. The highest BCUT2D eigenvalue weighted by Crippen LogP contribution is 2.53. The van der Waals surface area contributed by atoms with E-state index >= 15 is 0 Å². The molecule has 2 atom stereocenters. The molecule has 27 heavy (non-hydrogen) atoms. The summed E-state index contributed by atoms with van der Waals surface area (Å²) in [5.74, 6) is -0.0323. The van der Waals surface area contributed by atoms with Gasteiger partial charge in [0.1, 0.15) is 0 Å². The summed E-state index contributed by atoms with van der Waals surface area (Å²) >= 11 is 0. The van der Waals surface area contributed by atoms with Crippen LogP contribution in [-0.2, 0) is 4.79 Å². The Hall–Kier alpha value is -3.07. The molecule has 0 saturated carbocycles. The summed E-state index contributed by atoms with van der Waals surface area (Å²) in [6.45, 7) is 6.42. The van der Waals surface area contributed by atoms with Crippen molar-refractivity contribution in [2.75, 3.05) is 5.32 Å². The number of hydrogen-bond donors (Lipinski definition) is 2. The van der Waals surface area contributed by atoms with Crippen LogP contribution in [0.25, 0.3) is 5.57 Å². The first-order chi connectivity index (χ1) is 13.1. The van der Waals surface area contributed by atoms with E-state index in [1.165, 1.54) is 33.5 Å². The molecular formula is C24H22N2O. The van der Waals surface area contributed by atoms with Gasteiger partial charge in [-0.15, -0.1) is 0 Å². The smallest absolute Gasteiger partial charge is 0.232 e. The Bertz CT molecular complexity index is 1120. The molecule has 0 bridgehead atoms. The normalized spacial score (nSPS) is 20.6. The number of carbonyl (C=O) groups is 1. The average Bonchev–Trinajstić information content (AvgIpc) is 3.24. The zero-order chi connectivity index (χ0) is 18.7. The number of carbonyl (C=O) groups excluding carboxylic acids is 1. The van der Waals surface area contributed by atoms with Crippen LogP contribution in [0.2, 0.25) is 0 Å². The van der Waals surface area contributed by atoms with E-state index in [0.717, 1.165) is 16.9 Å². The third-order valence-corrected chi connectivity index (χ3v) is 6.00. The van der Waals surface area contributed by atoms with E-state index in [4.69, 9.17) is 0 Å². The van der Waals surface area contributed by atoms with Crippen LogP contribution in [0, 0.1) is 13.8 Å². The first-order valence-corrected chi connectivity index (χ1v) is 9.42. The Kier molecular flexibility index (Phi) is 3.41. The summed E-state index contributed by atoms with van der Waals surface area (Å²) in [7, 11) is 0. The molecule has 5 rings (SSSR count). The van der Waals surface area contributed by atoms with Crippen molar-refractivity contribution in [2.24, 2.45) is 0 Å². The molecule has 0 spiro atoms. The summed E-state index contributed by atoms with van der Waals surface area (Å²) in [5.41, 5.74) is 10.6. The predicted molar refractivity (Wildman–Crippen MR) is 109 cm³/mol. The highest BCUT2D eigenvalue weighted by molar-refractivity contribution is 6.05. The second kappa shape index (κ2) is 5.71. The summed E-state index contributed by atoms with van der Waals surface area (Å²) in [4.78, 5) is 16.5. The Morgan fingerprint density at radius 2 is 1.56 bits per heavy atom. The first kappa shape index (κ1) is 16.1. The van der Waals surface area contributed by atoms with E-state index in [0.29, 0.717) is 0 Å². The van der Waals surface area contributed by atoms with Gasteiger partial charge >= 0.3 is 0 Å². The van der Waals surface area contributed by atoms with Crippen LogP contribution >= 0.6 is 0 Å². The lowest BCUT2D eigenvalue weighted by atomic mass is 9.80. The third-order valence-electron chi connectivity index (χ3n) is 6.00. The van der Waals surface area contributed by atoms with Gasteiger partial charge in [-0.25, -0.2) is 0 Å². The molecule has 0 fully saturated rings. The molecule has 2 aromatic carbocycles. The lowest BCUT2D eigenvalue weighted by Gasteiger charge is -2.20. The molecule has 3 heteroatoms. The molecule has 1 amide bonds. The van der Waals surface area contributed by atoms with Crippen molar-refractivity contribution in [1.29, 1.82) is 0 Å². The first-order valence-electron chi connectivity index (χ1n) is 9.42. The highest BCUT2D eigenvalue weighted by atomic mass is 16.2. The molecule has 3 aromatic rings. The maximum atomic E-state index is 12.9. The molecule has 0 radical (unpaired) electrons. The van der Waals surface area contributed by atoms with E-state index in [9.17, 15) is 4.79 Å². The second-order valence-corrected chi connectivity index (χ2v) is 7.69. The largest absolute Gasteiger partial charge is 0.358 e. The zero-order valence-corrected chi connectivity index (χ0v) is 15.8. The third kappa shape index (κ3) is 2.24. The van der Waals surface area contributed by atoms with Gasteiger partial charge in [-0.1, -0.05) is 48.0 Å². The number of benzene rings is 2. The molecular weight excluding hydrogens is 332 g/mol. The van der Waals surface area contributed by atoms with Crippen LogP contribution in [0.1, 0.15) is 52.4 Å². The maximum Gasteiger partial charge on any atom is 0.232 e. The Morgan fingerprint density at radius 3 is 2.30 bits per heavy atom. The summed E-state index contributed by atoms with van der Waals surface area (Å²) in [6.07, 6.45) is 0. The van der Waals surface area contributed by atoms with Gasteiger partial charge in [-0.05, 0) is 55.2 Å². The van der Waals surface area contributed by atoms with Gasteiger partial charge in [0, 0.05) is 28.6 Å². The number of amides is 1. The number of nitrogens with one attached hydrogen (secondary N) is 2. The number of aryl methyl sites for hydroxylation is 2. The van der Waals surface area contributed by atoms with E-state index in [2.05, 4.69) is 67.5 Å². The Labute approximate surface area is 159 Å². The minimum Gasteiger partial charge on any atom is -0.358 e. The van der Waals surface area contributed by atoms with Crippen LogP contribution in [0.15, 0.2) is 60.2 Å². The van der Waals surface area contributed by atoms with Crippen molar-refractivity contribution in [3.05, 3.63) is 93.8 Å². The van der Waals surface area contributed by atoms with Gasteiger partial charge in [0.15, 0.2) is 0 Å². The molecule has 3 nitrogen and oxygen atoms in total. The van der Waals surface area contributed by atoms with Gasteiger partial charge in [0.25, 0.3) is 0 Å². The fraction of sp³-hybridized carbons (Fsp3) is 0.208. The summed E-state index contributed by atoms with van der Waals surface area (Å²) < 4.78 is 0. The fourth-order valence-electron chi connectivity index (χ4n) is 4.91. The topological polar surface area (TPSA) is 44.9 Å². The summed E-state index contributed by atoms with van der Waals surface area (Å²) in [5, 5.41) is 3.08. The van der Waals surface area contributed by atoms with Crippen LogP contribution < -0.4 is 5.32 Å². The quantitative estimate of drug-likeness (QED) is 0.645. The lowest BCUT2D eigenvalue weighted by Crippen LogP contribution is -2.19. The maximum absolute atomic E-state index is 12.9. The predicted octanol–water partition coefficient (Wildman–Crippen LogP) is 5.29. The summed E-state index contributed by atoms with van der Waals surface area (Å²) in [6, 6.07) is 18.8.